The Morgan fingerprint density at radius 3 is 2.96 bits per heavy atom. The van der Waals surface area contributed by atoms with Crippen molar-refractivity contribution >= 4 is 18.0 Å². The number of carbonyl (C=O) groups excluding carboxylic acids is 2. The molecule has 1 aromatic carbocycles. The summed E-state index contributed by atoms with van der Waals surface area (Å²) in [5.74, 6) is -0.157. The van der Waals surface area contributed by atoms with Gasteiger partial charge in [0.15, 0.2) is 18.1 Å². The molecule has 1 atom stereocenters. The molecule has 1 saturated heterocycles. The summed E-state index contributed by atoms with van der Waals surface area (Å²) in [4.78, 5) is 23.7. The highest BCUT2D eigenvalue weighted by Crippen LogP contribution is 2.33. The lowest BCUT2D eigenvalue weighted by Crippen LogP contribution is -2.34. The fraction of sp³-hybridized carbons (Fsp3) is 0.389. The first kappa shape index (κ1) is 17.8. The molecule has 0 spiro atoms. The Balaban J connectivity index is 1.51. The van der Waals surface area contributed by atoms with Gasteiger partial charge in [-0.15, -0.1) is 0 Å². The fourth-order valence-electron chi connectivity index (χ4n) is 2.60. The van der Waals surface area contributed by atoms with Gasteiger partial charge in [-0.1, -0.05) is 6.07 Å². The summed E-state index contributed by atoms with van der Waals surface area (Å²) in [6, 6.07) is 6.81. The molecule has 2 aliphatic rings. The highest BCUT2D eigenvalue weighted by atomic mass is 16.7. The molecule has 0 aromatic heterocycles. The van der Waals surface area contributed by atoms with Crippen molar-refractivity contribution in [2.75, 3.05) is 26.6 Å². The number of carbonyl (C=O) groups is 2. The zero-order valence-corrected chi connectivity index (χ0v) is 14.0. The first-order valence-corrected chi connectivity index (χ1v) is 8.22. The van der Waals surface area contributed by atoms with E-state index in [1.165, 1.54) is 6.08 Å². The number of hydrogen-bond donors (Lipinski definition) is 1. The molecule has 0 unspecified atom stereocenters. The third-order valence-electron chi connectivity index (χ3n) is 3.93. The summed E-state index contributed by atoms with van der Waals surface area (Å²) >= 11 is 0. The van der Waals surface area contributed by atoms with Gasteiger partial charge in [-0.05, 0) is 36.6 Å². The van der Waals surface area contributed by atoms with Gasteiger partial charge in [0.05, 0.1) is 6.10 Å². The van der Waals surface area contributed by atoms with Crippen molar-refractivity contribution in [1.82, 2.24) is 5.32 Å². The Kier molecular flexibility index (Phi) is 5.71. The van der Waals surface area contributed by atoms with Gasteiger partial charge in [0.25, 0.3) is 5.91 Å². The number of nitriles is 1. The molecule has 1 aromatic rings. The molecule has 2 heterocycles. The van der Waals surface area contributed by atoms with Gasteiger partial charge >= 0.3 is 5.97 Å². The van der Waals surface area contributed by atoms with E-state index < -0.39 is 18.5 Å². The van der Waals surface area contributed by atoms with Gasteiger partial charge in [-0.2, -0.15) is 5.26 Å². The maximum absolute atomic E-state index is 12.0. The Labute approximate surface area is 150 Å². The molecule has 3 rings (SSSR count). The van der Waals surface area contributed by atoms with E-state index in [1.807, 2.05) is 0 Å². The SMILES string of the molecule is N#C/C(=C/c1ccc2c(c1)OCO2)C(=O)OCC(=O)NC[C@@H]1CCCO1. The van der Waals surface area contributed by atoms with Crippen molar-refractivity contribution in [3.8, 4) is 17.6 Å². The number of rotatable bonds is 6. The standard InChI is InChI=1S/C18H18N2O6/c19-8-13(6-12-3-4-15-16(7-12)26-11-25-15)18(22)24-10-17(21)20-9-14-2-1-5-23-14/h3-4,6-7,14H,1-2,5,9-11H2,(H,20,21)/b13-6-/t14-/m0/s1. The smallest absolute Gasteiger partial charge is 0.349 e. The third kappa shape index (κ3) is 4.52. The molecule has 8 heteroatoms. The van der Waals surface area contributed by atoms with Gasteiger partial charge in [0, 0.05) is 13.2 Å². The van der Waals surface area contributed by atoms with E-state index in [0.717, 1.165) is 12.8 Å². The number of nitrogens with zero attached hydrogens (tertiary/aromatic N) is 1. The fourth-order valence-corrected chi connectivity index (χ4v) is 2.60. The molecular formula is C18H18N2O6. The van der Waals surface area contributed by atoms with Crippen LogP contribution in [0.4, 0.5) is 0 Å². The number of nitrogens with one attached hydrogen (secondary N) is 1. The maximum Gasteiger partial charge on any atom is 0.349 e. The molecule has 0 bridgehead atoms. The Hall–Kier alpha value is -3.05. The van der Waals surface area contributed by atoms with Crippen molar-refractivity contribution in [3.05, 3.63) is 29.3 Å². The summed E-state index contributed by atoms with van der Waals surface area (Å²) < 4.78 is 20.7. The van der Waals surface area contributed by atoms with Crippen LogP contribution < -0.4 is 14.8 Å². The van der Waals surface area contributed by atoms with Crippen molar-refractivity contribution in [3.63, 3.8) is 0 Å². The highest BCUT2D eigenvalue weighted by Gasteiger charge is 2.18. The van der Waals surface area contributed by atoms with E-state index in [2.05, 4.69) is 5.32 Å². The van der Waals surface area contributed by atoms with Crippen LogP contribution in [0.25, 0.3) is 6.08 Å². The van der Waals surface area contributed by atoms with Crippen molar-refractivity contribution in [1.29, 1.82) is 5.26 Å². The number of fused-ring (bicyclic) bond motifs is 1. The predicted molar refractivity (Wildman–Crippen MR) is 89.1 cm³/mol. The third-order valence-corrected chi connectivity index (χ3v) is 3.93. The molecule has 1 N–H and O–H groups in total. The second-order valence-corrected chi connectivity index (χ2v) is 5.80. The van der Waals surface area contributed by atoms with Crippen LogP contribution in [-0.2, 0) is 19.1 Å². The maximum atomic E-state index is 12.0. The van der Waals surface area contributed by atoms with Gasteiger partial charge in [-0.3, -0.25) is 4.79 Å². The predicted octanol–water partition coefficient (Wildman–Crippen LogP) is 1.16. The molecule has 0 aliphatic carbocycles. The summed E-state index contributed by atoms with van der Waals surface area (Å²) in [5, 5.41) is 11.8. The van der Waals surface area contributed by atoms with Crippen LogP contribution in [0.15, 0.2) is 23.8 Å². The summed E-state index contributed by atoms with van der Waals surface area (Å²) in [7, 11) is 0. The van der Waals surface area contributed by atoms with Gasteiger partial charge < -0.3 is 24.3 Å². The van der Waals surface area contributed by atoms with E-state index in [-0.39, 0.29) is 18.5 Å². The van der Waals surface area contributed by atoms with E-state index >= 15 is 0 Å². The van der Waals surface area contributed by atoms with Crippen LogP contribution in [0.5, 0.6) is 11.5 Å². The minimum absolute atomic E-state index is 0.00947. The van der Waals surface area contributed by atoms with Crippen LogP contribution >= 0.6 is 0 Å². The minimum Gasteiger partial charge on any atom is -0.454 e. The lowest BCUT2D eigenvalue weighted by Gasteiger charge is -2.10. The quantitative estimate of drug-likeness (QED) is 0.462. The molecule has 1 fully saturated rings. The lowest BCUT2D eigenvalue weighted by atomic mass is 10.1. The summed E-state index contributed by atoms with van der Waals surface area (Å²) in [6.07, 6.45) is 3.26. The Morgan fingerprint density at radius 2 is 2.19 bits per heavy atom. The zero-order valence-electron chi connectivity index (χ0n) is 14.0. The first-order valence-electron chi connectivity index (χ1n) is 8.22. The van der Waals surface area contributed by atoms with Crippen LogP contribution in [0.2, 0.25) is 0 Å². The van der Waals surface area contributed by atoms with Crippen LogP contribution in [0.3, 0.4) is 0 Å². The van der Waals surface area contributed by atoms with Crippen molar-refractivity contribution < 1.29 is 28.5 Å². The number of amides is 1. The van der Waals surface area contributed by atoms with Crippen molar-refractivity contribution in [2.45, 2.75) is 18.9 Å². The summed E-state index contributed by atoms with van der Waals surface area (Å²) in [6.45, 7) is 0.766. The van der Waals surface area contributed by atoms with E-state index in [0.29, 0.717) is 30.2 Å². The van der Waals surface area contributed by atoms with E-state index in [1.54, 1.807) is 24.3 Å². The van der Waals surface area contributed by atoms with Crippen molar-refractivity contribution in [2.24, 2.45) is 0 Å². The number of benzene rings is 1. The Morgan fingerprint density at radius 1 is 1.35 bits per heavy atom. The Bertz CT molecular complexity index is 761. The largest absolute Gasteiger partial charge is 0.454 e. The molecule has 0 radical (unpaired) electrons. The van der Waals surface area contributed by atoms with Crippen LogP contribution in [0.1, 0.15) is 18.4 Å². The molecule has 1 amide bonds. The zero-order chi connectivity index (χ0) is 18.4. The van der Waals surface area contributed by atoms with Gasteiger partial charge in [0.1, 0.15) is 11.6 Å². The first-order chi connectivity index (χ1) is 12.7. The molecule has 136 valence electrons. The van der Waals surface area contributed by atoms with Crippen LogP contribution in [-0.4, -0.2) is 44.5 Å². The average molecular weight is 358 g/mol. The number of esters is 1. The lowest BCUT2D eigenvalue weighted by molar-refractivity contribution is -0.144. The van der Waals surface area contributed by atoms with Gasteiger partial charge in [-0.25, -0.2) is 4.79 Å². The summed E-state index contributed by atoms with van der Waals surface area (Å²) in [5.41, 5.74) is 0.376. The molecule has 2 aliphatic heterocycles. The normalized spacial score (nSPS) is 18.3. The topological polar surface area (TPSA) is 107 Å². The number of hydrogen-bond acceptors (Lipinski definition) is 7. The average Bonchev–Trinajstić information content (AvgIpc) is 3.33. The van der Waals surface area contributed by atoms with Crippen LogP contribution in [0, 0.1) is 11.3 Å². The highest BCUT2D eigenvalue weighted by molar-refractivity contribution is 5.98. The monoisotopic (exact) mass is 358 g/mol. The number of ether oxygens (including phenoxy) is 4. The second kappa shape index (κ2) is 8.36. The molecule has 0 saturated carbocycles. The van der Waals surface area contributed by atoms with E-state index in [9.17, 15) is 14.9 Å². The van der Waals surface area contributed by atoms with E-state index in [4.69, 9.17) is 18.9 Å². The second-order valence-electron chi connectivity index (χ2n) is 5.80. The van der Waals surface area contributed by atoms with Gasteiger partial charge in [0.2, 0.25) is 6.79 Å². The minimum atomic E-state index is -0.863. The molecular weight excluding hydrogens is 340 g/mol. The molecule has 8 nitrogen and oxygen atoms in total. The molecule has 26 heavy (non-hydrogen) atoms.